The summed E-state index contributed by atoms with van der Waals surface area (Å²) in [5.41, 5.74) is 2.35. The normalized spacial score (nSPS) is 11.0. The molecule has 0 bridgehead atoms. The third-order valence-corrected chi connectivity index (χ3v) is 4.13. The first-order chi connectivity index (χ1) is 12.1. The molecule has 3 aromatic rings. The molecule has 0 aliphatic rings. The lowest BCUT2D eigenvalue weighted by atomic mass is 10.2. The van der Waals surface area contributed by atoms with Crippen molar-refractivity contribution in [3.8, 4) is 5.75 Å². The number of aromatic nitrogens is 3. The van der Waals surface area contributed by atoms with Gasteiger partial charge in [0.05, 0.1) is 19.9 Å². The van der Waals surface area contributed by atoms with Crippen molar-refractivity contribution in [2.24, 2.45) is 7.05 Å². The molecular weight excluding hydrogens is 320 g/mol. The second-order valence-corrected chi connectivity index (χ2v) is 5.81. The number of benzene rings is 1. The summed E-state index contributed by atoms with van der Waals surface area (Å²) in [4.78, 5) is 14.9. The van der Waals surface area contributed by atoms with Crippen LogP contribution in [-0.4, -0.2) is 52.4 Å². The summed E-state index contributed by atoms with van der Waals surface area (Å²) in [5, 5.41) is 4.25. The smallest absolute Gasteiger partial charge is 0.259 e. The molecule has 0 saturated heterocycles. The van der Waals surface area contributed by atoms with Crippen molar-refractivity contribution < 1.29 is 14.3 Å². The SMILES string of the molecule is COCCN(Cc1cccc(OC)c1)C(=O)c1cnn2ccn(C)c12. The summed E-state index contributed by atoms with van der Waals surface area (Å²) in [5.74, 6) is 0.698. The van der Waals surface area contributed by atoms with E-state index in [0.717, 1.165) is 17.0 Å². The zero-order valence-corrected chi connectivity index (χ0v) is 14.7. The zero-order valence-electron chi connectivity index (χ0n) is 14.7. The molecule has 0 atom stereocenters. The van der Waals surface area contributed by atoms with Crippen LogP contribution < -0.4 is 4.74 Å². The molecule has 7 heteroatoms. The van der Waals surface area contributed by atoms with Crippen LogP contribution in [0.25, 0.3) is 5.65 Å². The lowest BCUT2D eigenvalue weighted by Crippen LogP contribution is -2.33. The molecule has 1 amide bonds. The van der Waals surface area contributed by atoms with Gasteiger partial charge in [0.15, 0.2) is 0 Å². The molecule has 0 N–H and O–H groups in total. The van der Waals surface area contributed by atoms with Gasteiger partial charge in [-0.3, -0.25) is 4.79 Å². The summed E-state index contributed by atoms with van der Waals surface area (Å²) in [6.45, 7) is 1.43. The first kappa shape index (κ1) is 17.0. The largest absolute Gasteiger partial charge is 0.497 e. The van der Waals surface area contributed by atoms with Crippen molar-refractivity contribution in [3.63, 3.8) is 0 Å². The second kappa shape index (κ2) is 7.40. The minimum Gasteiger partial charge on any atom is -0.497 e. The predicted octanol–water partition coefficient (Wildman–Crippen LogP) is 1.97. The molecular formula is C18H22N4O3. The van der Waals surface area contributed by atoms with Crippen LogP contribution in [0.1, 0.15) is 15.9 Å². The highest BCUT2D eigenvalue weighted by Crippen LogP contribution is 2.18. The molecule has 3 rings (SSSR count). The molecule has 25 heavy (non-hydrogen) atoms. The van der Waals surface area contributed by atoms with Gasteiger partial charge < -0.3 is 18.9 Å². The van der Waals surface area contributed by atoms with Gasteiger partial charge in [0.2, 0.25) is 0 Å². The summed E-state index contributed by atoms with van der Waals surface area (Å²) in [7, 11) is 5.16. The van der Waals surface area contributed by atoms with Crippen LogP contribution in [0.5, 0.6) is 5.75 Å². The average Bonchev–Trinajstić information content (AvgIpc) is 3.21. The number of fused-ring (bicyclic) bond motifs is 1. The minimum atomic E-state index is -0.0725. The maximum Gasteiger partial charge on any atom is 0.259 e. The molecule has 0 spiro atoms. The van der Waals surface area contributed by atoms with Crippen molar-refractivity contribution >= 4 is 11.6 Å². The molecule has 0 saturated carbocycles. The number of rotatable bonds is 7. The monoisotopic (exact) mass is 342 g/mol. The standard InChI is InChI=1S/C18H22N4O3/c1-20-7-8-22-17(20)16(12-19-22)18(23)21(9-10-24-2)13-14-5-4-6-15(11-14)25-3/h4-8,11-12H,9-10,13H2,1-3H3. The Morgan fingerprint density at radius 3 is 2.88 bits per heavy atom. The Morgan fingerprint density at radius 2 is 2.12 bits per heavy atom. The van der Waals surface area contributed by atoms with Crippen molar-refractivity contribution in [1.29, 1.82) is 0 Å². The molecule has 2 heterocycles. The Hall–Kier alpha value is -2.80. The Morgan fingerprint density at radius 1 is 1.28 bits per heavy atom. The highest BCUT2D eigenvalue weighted by Gasteiger charge is 2.21. The van der Waals surface area contributed by atoms with Crippen LogP contribution in [0, 0.1) is 0 Å². The van der Waals surface area contributed by atoms with Gasteiger partial charge in [-0.05, 0) is 17.7 Å². The van der Waals surface area contributed by atoms with Crippen LogP contribution in [0.4, 0.5) is 0 Å². The van der Waals surface area contributed by atoms with Crippen molar-refractivity contribution in [2.75, 3.05) is 27.4 Å². The van der Waals surface area contributed by atoms with Gasteiger partial charge in [-0.15, -0.1) is 0 Å². The number of hydrogen-bond acceptors (Lipinski definition) is 4. The molecule has 132 valence electrons. The van der Waals surface area contributed by atoms with E-state index in [-0.39, 0.29) is 5.91 Å². The van der Waals surface area contributed by atoms with E-state index in [1.165, 1.54) is 0 Å². The fourth-order valence-electron chi connectivity index (χ4n) is 2.82. The Kier molecular flexibility index (Phi) is 5.04. The number of nitrogens with zero attached hydrogens (tertiary/aromatic N) is 4. The zero-order chi connectivity index (χ0) is 17.8. The van der Waals surface area contributed by atoms with Gasteiger partial charge >= 0.3 is 0 Å². The number of carbonyl (C=O) groups is 1. The molecule has 0 aliphatic heterocycles. The number of ether oxygens (including phenoxy) is 2. The first-order valence-electron chi connectivity index (χ1n) is 8.04. The highest BCUT2D eigenvalue weighted by molar-refractivity contribution is 5.99. The number of aryl methyl sites for hydroxylation is 1. The fraction of sp³-hybridized carbons (Fsp3) is 0.333. The summed E-state index contributed by atoms with van der Waals surface area (Å²) in [6, 6.07) is 7.72. The summed E-state index contributed by atoms with van der Waals surface area (Å²) < 4.78 is 14.0. The van der Waals surface area contributed by atoms with Gasteiger partial charge in [-0.2, -0.15) is 5.10 Å². The molecule has 0 aliphatic carbocycles. The lowest BCUT2D eigenvalue weighted by molar-refractivity contribution is 0.0681. The average molecular weight is 342 g/mol. The van der Waals surface area contributed by atoms with Gasteiger partial charge in [0.25, 0.3) is 5.91 Å². The van der Waals surface area contributed by atoms with Crippen molar-refractivity contribution in [3.05, 3.63) is 54.0 Å². The van der Waals surface area contributed by atoms with Gasteiger partial charge in [-0.1, -0.05) is 12.1 Å². The number of amides is 1. The topological polar surface area (TPSA) is 61.0 Å². The van der Waals surface area contributed by atoms with E-state index in [0.29, 0.717) is 25.3 Å². The predicted molar refractivity (Wildman–Crippen MR) is 93.8 cm³/mol. The Labute approximate surface area is 146 Å². The highest BCUT2D eigenvalue weighted by atomic mass is 16.5. The van der Waals surface area contributed by atoms with Crippen LogP contribution in [0.3, 0.4) is 0 Å². The minimum absolute atomic E-state index is 0.0725. The van der Waals surface area contributed by atoms with Crippen LogP contribution in [0.15, 0.2) is 42.9 Å². The molecule has 0 radical (unpaired) electrons. The van der Waals surface area contributed by atoms with E-state index in [2.05, 4.69) is 5.10 Å². The van der Waals surface area contributed by atoms with Crippen LogP contribution in [-0.2, 0) is 18.3 Å². The molecule has 2 aromatic heterocycles. The number of carbonyl (C=O) groups excluding carboxylic acids is 1. The molecule has 1 aromatic carbocycles. The fourth-order valence-corrected chi connectivity index (χ4v) is 2.82. The number of imidazole rings is 1. The second-order valence-electron chi connectivity index (χ2n) is 5.81. The Bertz CT molecular complexity index is 868. The first-order valence-corrected chi connectivity index (χ1v) is 8.04. The number of methoxy groups -OCH3 is 2. The maximum atomic E-state index is 13.1. The van der Waals surface area contributed by atoms with E-state index in [1.54, 1.807) is 29.8 Å². The molecule has 7 nitrogen and oxygen atoms in total. The lowest BCUT2D eigenvalue weighted by Gasteiger charge is -2.22. The summed E-state index contributed by atoms with van der Waals surface area (Å²) >= 11 is 0. The van der Waals surface area contributed by atoms with Crippen molar-refractivity contribution in [1.82, 2.24) is 19.1 Å². The van der Waals surface area contributed by atoms with Gasteiger partial charge in [0, 0.05) is 39.6 Å². The number of hydrogen-bond donors (Lipinski definition) is 0. The Balaban J connectivity index is 1.88. The van der Waals surface area contributed by atoms with E-state index >= 15 is 0 Å². The quantitative estimate of drug-likeness (QED) is 0.659. The summed E-state index contributed by atoms with van der Waals surface area (Å²) in [6.07, 6.45) is 5.32. The van der Waals surface area contributed by atoms with E-state index in [9.17, 15) is 4.79 Å². The molecule has 0 unspecified atom stereocenters. The van der Waals surface area contributed by atoms with E-state index in [1.807, 2.05) is 48.3 Å². The van der Waals surface area contributed by atoms with Crippen LogP contribution in [0.2, 0.25) is 0 Å². The van der Waals surface area contributed by atoms with E-state index in [4.69, 9.17) is 9.47 Å². The third-order valence-electron chi connectivity index (χ3n) is 4.13. The van der Waals surface area contributed by atoms with E-state index < -0.39 is 0 Å². The maximum absolute atomic E-state index is 13.1. The van der Waals surface area contributed by atoms with Gasteiger partial charge in [0.1, 0.15) is 17.0 Å². The van der Waals surface area contributed by atoms with Crippen LogP contribution >= 0.6 is 0 Å². The van der Waals surface area contributed by atoms with Crippen molar-refractivity contribution in [2.45, 2.75) is 6.54 Å². The molecule has 0 fully saturated rings. The third kappa shape index (κ3) is 3.51. The van der Waals surface area contributed by atoms with Gasteiger partial charge in [-0.25, -0.2) is 4.52 Å².